The number of carbonyl (C=O) groups excluding carboxylic acids is 2. The van der Waals surface area contributed by atoms with Gasteiger partial charge >= 0.3 is 0 Å². The van der Waals surface area contributed by atoms with Gasteiger partial charge in [0.05, 0.1) is 11.3 Å². The molecule has 1 heterocycles. The molecule has 1 saturated heterocycles. The summed E-state index contributed by atoms with van der Waals surface area (Å²) in [5, 5.41) is 3.11. The highest BCUT2D eigenvalue weighted by Gasteiger charge is 2.19. The van der Waals surface area contributed by atoms with Crippen LogP contribution in [0.4, 0.5) is 5.69 Å². The van der Waals surface area contributed by atoms with Crippen molar-refractivity contribution in [3.05, 3.63) is 59.7 Å². The summed E-state index contributed by atoms with van der Waals surface area (Å²) < 4.78 is 0. The molecule has 2 aromatic rings. The molecule has 1 fully saturated rings. The maximum atomic E-state index is 12.9. The van der Waals surface area contributed by atoms with E-state index in [0.29, 0.717) is 11.3 Å². The molecule has 1 atom stereocenters. The van der Waals surface area contributed by atoms with Gasteiger partial charge in [0.2, 0.25) is 5.91 Å². The van der Waals surface area contributed by atoms with Crippen LogP contribution >= 0.6 is 11.8 Å². The summed E-state index contributed by atoms with van der Waals surface area (Å²) in [5.41, 5.74) is 2.98. The van der Waals surface area contributed by atoms with Gasteiger partial charge in [-0.2, -0.15) is 0 Å². The summed E-state index contributed by atoms with van der Waals surface area (Å²) in [6.45, 7) is 3.73. The zero-order chi connectivity index (χ0) is 21.5. The predicted octanol–water partition coefficient (Wildman–Crippen LogP) is 3.83. The largest absolute Gasteiger partial charge is 0.378 e. The van der Waals surface area contributed by atoms with Gasteiger partial charge in [-0.1, -0.05) is 24.3 Å². The lowest BCUT2D eigenvalue weighted by atomic mass is 10.1. The molecule has 1 unspecified atom stereocenters. The number of hydrogen-bond acceptors (Lipinski definition) is 4. The molecule has 160 valence electrons. The summed E-state index contributed by atoms with van der Waals surface area (Å²) >= 11 is 1.45. The summed E-state index contributed by atoms with van der Waals surface area (Å²) in [5.74, 6) is 0.435. The second-order valence-electron chi connectivity index (χ2n) is 8.01. The van der Waals surface area contributed by atoms with Crippen molar-refractivity contribution in [3.8, 4) is 0 Å². The third-order valence-electron chi connectivity index (χ3n) is 5.31. The highest BCUT2D eigenvalue weighted by atomic mass is 32.2. The summed E-state index contributed by atoms with van der Waals surface area (Å²) in [4.78, 5) is 30.1. The lowest BCUT2D eigenvalue weighted by Gasteiger charge is -2.18. The molecule has 1 aliphatic heterocycles. The third kappa shape index (κ3) is 6.02. The Balaban J connectivity index is 1.57. The Morgan fingerprint density at radius 1 is 1.07 bits per heavy atom. The standard InChI is InChI=1S/C24H31N3O2S/c1-18(16-19-10-12-20(13-11-19)26(2)3)25-24(29)21-8-4-5-9-22(21)30-17-23(28)27-14-6-7-15-27/h4-5,8-13,18H,6-7,14-17H2,1-3H3,(H,25,29). The lowest BCUT2D eigenvalue weighted by molar-refractivity contribution is -0.127. The van der Waals surface area contributed by atoms with Gasteiger partial charge in [0.25, 0.3) is 5.91 Å². The van der Waals surface area contributed by atoms with Crippen LogP contribution in [0.3, 0.4) is 0 Å². The van der Waals surface area contributed by atoms with Crippen LogP contribution < -0.4 is 10.2 Å². The van der Waals surface area contributed by atoms with E-state index in [9.17, 15) is 9.59 Å². The van der Waals surface area contributed by atoms with Gasteiger partial charge in [-0.25, -0.2) is 0 Å². The summed E-state index contributed by atoms with van der Waals surface area (Å²) in [7, 11) is 4.04. The highest BCUT2D eigenvalue weighted by Crippen LogP contribution is 2.24. The van der Waals surface area contributed by atoms with E-state index in [-0.39, 0.29) is 17.9 Å². The number of nitrogens with one attached hydrogen (secondary N) is 1. The predicted molar refractivity (Wildman–Crippen MR) is 124 cm³/mol. The van der Waals surface area contributed by atoms with Crippen molar-refractivity contribution in [3.63, 3.8) is 0 Å². The number of amides is 2. The number of carbonyl (C=O) groups is 2. The van der Waals surface area contributed by atoms with Gasteiger partial charge < -0.3 is 15.1 Å². The Bertz CT molecular complexity index is 861. The van der Waals surface area contributed by atoms with Gasteiger partial charge in [-0.15, -0.1) is 11.8 Å². The van der Waals surface area contributed by atoms with Crippen LogP contribution in [-0.4, -0.2) is 55.7 Å². The van der Waals surface area contributed by atoms with Gasteiger partial charge in [0, 0.05) is 43.8 Å². The third-order valence-corrected chi connectivity index (χ3v) is 6.37. The number of rotatable bonds is 8. The molecule has 1 N–H and O–H groups in total. The highest BCUT2D eigenvalue weighted by molar-refractivity contribution is 8.00. The molecule has 0 bridgehead atoms. The second kappa shape index (κ2) is 10.5. The van der Waals surface area contributed by atoms with E-state index in [1.807, 2.05) is 50.2 Å². The summed E-state index contributed by atoms with van der Waals surface area (Å²) in [6, 6.07) is 15.9. The van der Waals surface area contributed by atoms with E-state index >= 15 is 0 Å². The van der Waals surface area contributed by atoms with Gasteiger partial charge in [0.1, 0.15) is 0 Å². The summed E-state index contributed by atoms with van der Waals surface area (Å²) in [6.07, 6.45) is 2.94. The molecular formula is C24H31N3O2S. The van der Waals surface area contributed by atoms with Gasteiger partial charge in [0.15, 0.2) is 0 Å². The fourth-order valence-electron chi connectivity index (χ4n) is 3.61. The average molecular weight is 426 g/mol. The van der Waals surface area contributed by atoms with E-state index < -0.39 is 0 Å². The Kier molecular flexibility index (Phi) is 7.80. The van der Waals surface area contributed by atoms with Crippen molar-refractivity contribution in [1.82, 2.24) is 10.2 Å². The minimum atomic E-state index is -0.0934. The second-order valence-corrected chi connectivity index (χ2v) is 9.03. The van der Waals surface area contributed by atoms with Crippen LogP contribution in [0.5, 0.6) is 0 Å². The lowest BCUT2D eigenvalue weighted by Crippen LogP contribution is -2.34. The molecule has 5 nitrogen and oxygen atoms in total. The first-order valence-electron chi connectivity index (χ1n) is 10.5. The molecular weight excluding hydrogens is 394 g/mol. The zero-order valence-electron chi connectivity index (χ0n) is 18.1. The molecule has 2 amide bonds. The molecule has 0 aromatic heterocycles. The molecule has 0 radical (unpaired) electrons. The monoisotopic (exact) mass is 425 g/mol. The fourth-order valence-corrected chi connectivity index (χ4v) is 4.57. The van der Waals surface area contributed by atoms with Gasteiger partial charge in [-0.3, -0.25) is 9.59 Å². The van der Waals surface area contributed by atoms with Crippen molar-refractivity contribution in [2.75, 3.05) is 37.8 Å². The van der Waals surface area contributed by atoms with Crippen molar-refractivity contribution >= 4 is 29.3 Å². The normalized spacial score (nSPS) is 14.4. The number of likely N-dealkylation sites (tertiary alicyclic amines) is 1. The number of anilines is 1. The first-order chi connectivity index (χ1) is 14.4. The minimum Gasteiger partial charge on any atom is -0.378 e. The Morgan fingerprint density at radius 2 is 1.73 bits per heavy atom. The smallest absolute Gasteiger partial charge is 0.252 e. The maximum absolute atomic E-state index is 12.9. The van der Waals surface area contributed by atoms with Crippen LogP contribution in [0.2, 0.25) is 0 Å². The zero-order valence-corrected chi connectivity index (χ0v) is 18.9. The van der Waals surface area contributed by atoms with E-state index in [4.69, 9.17) is 0 Å². The first-order valence-corrected chi connectivity index (χ1v) is 11.5. The first kappa shape index (κ1) is 22.2. The molecule has 30 heavy (non-hydrogen) atoms. The Hall–Kier alpha value is -2.47. The Labute approximate surface area is 183 Å². The number of benzene rings is 2. The Morgan fingerprint density at radius 3 is 2.40 bits per heavy atom. The van der Waals surface area contributed by atoms with Crippen molar-refractivity contribution in [1.29, 1.82) is 0 Å². The SMILES string of the molecule is CC(Cc1ccc(N(C)C)cc1)NC(=O)c1ccccc1SCC(=O)N1CCCC1. The number of thioether (sulfide) groups is 1. The van der Waals surface area contributed by atoms with E-state index in [1.165, 1.54) is 17.3 Å². The van der Waals surface area contributed by atoms with Gasteiger partial charge in [-0.05, 0) is 56.0 Å². The van der Waals surface area contributed by atoms with E-state index in [1.54, 1.807) is 0 Å². The number of nitrogens with zero attached hydrogens (tertiary/aromatic N) is 2. The maximum Gasteiger partial charge on any atom is 0.252 e. The van der Waals surface area contributed by atoms with E-state index in [2.05, 4.69) is 34.5 Å². The molecule has 0 saturated carbocycles. The minimum absolute atomic E-state index is 0.00648. The molecule has 0 aliphatic carbocycles. The fraction of sp³-hybridized carbons (Fsp3) is 0.417. The quantitative estimate of drug-likeness (QED) is 0.653. The molecule has 0 spiro atoms. The molecule has 6 heteroatoms. The molecule has 3 rings (SSSR count). The van der Waals surface area contributed by atoms with Crippen LogP contribution in [0, 0.1) is 0 Å². The van der Waals surface area contributed by atoms with E-state index in [0.717, 1.165) is 42.9 Å². The van der Waals surface area contributed by atoms with Crippen LogP contribution in [-0.2, 0) is 11.2 Å². The topological polar surface area (TPSA) is 52.7 Å². The van der Waals surface area contributed by atoms with Crippen molar-refractivity contribution in [2.45, 2.75) is 37.1 Å². The molecule has 1 aliphatic rings. The van der Waals surface area contributed by atoms with Crippen LogP contribution in [0.25, 0.3) is 0 Å². The average Bonchev–Trinajstić information content (AvgIpc) is 3.27. The van der Waals surface area contributed by atoms with Crippen molar-refractivity contribution in [2.24, 2.45) is 0 Å². The van der Waals surface area contributed by atoms with Crippen LogP contribution in [0.1, 0.15) is 35.7 Å². The van der Waals surface area contributed by atoms with Crippen molar-refractivity contribution < 1.29 is 9.59 Å². The van der Waals surface area contributed by atoms with Crippen LogP contribution in [0.15, 0.2) is 53.4 Å². The number of hydrogen-bond donors (Lipinski definition) is 1. The molecule has 2 aromatic carbocycles.